The van der Waals surface area contributed by atoms with E-state index in [1.165, 1.54) is 7.11 Å². The molecule has 40 heavy (non-hydrogen) atoms. The van der Waals surface area contributed by atoms with Gasteiger partial charge in [-0.1, -0.05) is 49.6 Å². The number of nitrogens with one attached hydrogen (secondary N) is 2. The van der Waals surface area contributed by atoms with Crippen LogP contribution in [0.25, 0.3) is 0 Å². The van der Waals surface area contributed by atoms with Gasteiger partial charge in [-0.25, -0.2) is 9.59 Å². The third-order valence-electron chi connectivity index (χ3n) is 7.63. The van der Waals surface area contributed by atoms with Crippen LogP contribution in [0.3, 0.4) is 0 Å². The first kappa shape index (κ1) is 28.9. The summed E-state index contributed by atoms with van der Waals surface area (Å²) in [4.78, 5) is 56.2. The highest BCUT2D eigenvalue weighted by Crippen LogP contribution is 2.27. The predicted octanol–water partition coefficient (Wildman–Crippen LogP) is 3.22. The van der Waals surface area contributed by atoms with E-state index in [0.29, 0.717) is 18.0 Å². The van der Waals surface area contributed by atoms with E-state index in [4.69, 9.17) is 9.47 Å². The number of hydrogen-bond donors (Lipinski definition) is 2. The van der Waals surface area contributed by atoms with Crippen LogP contribution in [0.1, 0.15) is 37.7 Å². The van der Waals surface area contributed by atoms with Gasteiger partial charge in [0.1, 0.15) is 17.8 Å². The van der Waals surface area contributed by atoms with Gasteiger partial charge in [0.15, 0.2) is 0 Å². The molecule has 1 aliphatic carbocycles. The van der Waals surface area contributed by atoms with Gasteiger partial charge in [0.25, 0.3) is 0 Å². The Morgan fingerprint density at radius 1 is 0.925 bits per heavy atom. The zero-order valence-electron chi connectivity index (χ0n) is 23.1. The predicted molar refractivity (Wildman–Crippen MR) is 150 cm³/mol. The number of carbonyl (C=O) groups is 4. The van der Waals surface area contributed by atoms with Crippen molar-refractivity contribution >= 4 is 29.5 Å². The number of nitrogens with zero attached hydrogens (tertiary/aromatic N) is 2. The topological polar surface area (TPSA) is 117 Å². The Morgan fingerprint density at radius 2 is 1.62 bits per heavy atom. The summed E-state index contributed by atoms with van der Waals surface area (Å²) in [6.07, 6.45) is 4.86. The van der Waals surface area contributed by atoms with Crippen LogP contribution in [-0.2, 0) is 25.5 Å². The van der Waals surface area contributed by atoms with Gasteiger partial charge >= 0.3 is 12.0 Å². The molecule has 0 aromatic heterocycles. The Bertz CT molecular complexity index is 1170. The quantitative estimate of drug-likeness (QED) is 0.488. The minimum Gasteiger partial charge on any atom is -0.497 e. The lowest BCUT2D eigenvalue weighted by Crippen LogP contribution is -2.64. The fourth-order valence-corrected chi connectivity index (χ4v) is 5.36. The molecule has 4 rings (SSSR count). The zero-order valence-corrected chi connectivity index (χ0v) is 23.1. The lowest BCUT2D eigenvalue weighted by atomic mass is 9.87. The molecule has 2 N–H and O–H groups in total. The molecule has 2 fully saturated rings. The van der Waals surface area contributed by atoms with Gasteiger partial charge in [-0.3, -0.25) is 9.59 Å². The molecule has 0 unspecified atom stereocenters. The standard InChI is InChI=1S/C30H38N4O6/c1-39-24-15-13-21(14-16-24)19-25(29(37)40-2)32-27(35)26-20-33(30(38)31-23-11-7-4-8-12-23)17-18-34(26)28(36)22-9-5-3-6-10-22/h4,7-8,11-16,22,25-26H,3,5-6,9-10,17-20H2,1-2H3,(H,31,38)(H,32,35)/t25-,26+/m0/s1. The minimum atomic E-state index is -0.967. The maximum absolute atomic E-state index is 13.8. The first-order valence-electron chi connectivity index (χ1n) is 13.8. The number of piperazine rings is 1. The SMILES string of the molecule is COC(=O)[C@H](Cc1ccc(OC)cc1)NC(=O)[C@H]1CN(C(=O)Nc2ccccc2)CCN1C(=O)C1CCCCC1. The highest BCUT2D eigenvalue weighted by molar-refractivity contribution is 5.94. The van der Waals surface area contributed by atoms with Gasteiger partial charge in [0.05, 0.1) is 20.8 Å². The van der Waals surface area contributed by atoms with E-state index in [-0.39, 0.29) is 37.4 Å². The maximum atomic E-state index is 13.8. The van der Waals surface area contributed by atoms with Crippen molar-refractivity contribution in [2.45, 2.75) is 50.6 Å². The number of esters is 1. The van der Waals surface area contributed by atoms with Crippen molar-refractivity contribution in [2.75, 3.05) is 39.2 Å². The van der Waals surface area contributed by atoms with Crippen molar-refractivity contribution in [3.8, 4) is 5.75 Å². The number of para-hydroxylation sites is 1. The number of amides is 4. The zero-order chi connectivity index (χ0) is 28.5. The van der Waals surface area contributed by atoms with Crippen molar-refractivity contribution in [3.63, 3.8) is 0 Å². The van der Waals surface area contributed by atoms with Gasteiger partial charge in [-0.15, -0.1) is 0 Å². The smallest absolute Gasteiger partial charge is 0.328 e. The fraction of sp³-hybridized carbons (Fsp3) is 0.467. The maximum Gasteiger partial charge on any atom is 0.328 e. The summed E-state index contributed by atoms with van der Waals surface area (Å²) in [5.74, 6) is -0.610. The molecule has 1 heterocycles. The van der Waals surface area contributed by atoms with Crippen LogP contribution in [-0.4, -0.2) is 79.6 Å². The summed E-state index contributed by atoms with van der Waals surface area (Å²) < 4.78 is 10.2. The van der Waals surface area contributed by atoms with Crippen molar-refractivity contribution in [1.29, 1.82) is 0 Å². The Morgan fingerprint density at radius 3 is 2.27 bits per heavy atom. The molecule has 10 heteroatoms. The Balaban J connectivity index is 1.52. The molecule has 10 nitrogen and oxygen atoms in total. The van der Waals surface area contributed by atoms with Gasteiger partial charge in [-0.2, -0.15) is 0 Å². The molecule has 0 spiro atoms. The average Bonchev–Trinajstić information content (AvgIpc) is 3.00. The molecular weight excluding hydrogens is 512 g/mol. The second-order valence-corrected chi connectivity index (χ2v) is 10.3. The summed E-state index contributed by atoms with van der Waals surface area (Å²) in [6, 6.07) is 14.0. The van der Waals surface area contributed by atoms with Gasteiger partial charge in [-0.05, 0) is 42.7 Å². The number of urea groups is 1. The van der Waals surface area contributed by atoms with Crippen LogP contribution < -0.4 is 15.4 Å². The Labute approximate surface area is 235 Å². The molecule has 2 atom stereocenters. The molecule has 0 radical (unpaired) electrons. The van der Waals surface area contributed by atoms with E-state index in [9.17, 15) is 19.2 Å². The summed E-state index contributed by atoms with van der Waals surface area (Å²) >= 11 is 0. The van der Waals surface area contributed by atoms with Crippen molar-refractivity contribution in [3.05, 3.63) is 60.2 Å². The summed E-state index contributed by atoms with van der Waals surface area (Å²) in [5.41, 5.74) is 1.44. The molecule has 1 saturated carbocycles. The van der Waals surface area contributed by atoms with Crippen LogP contribution in [0.2, 0.25) is 0 Å². The second kappa shape index (κ2) is 13.8. The van der Waals surface area contributed by atoms with Crippen molar-refractivity contribution in [2.24, 2.45) is 5.92 Å². The van der Waals surface area contributed by atoms with Crippen LogP contribution in [0.15, 0.2) is 54.6 Å². The Kier molecular flexibility index (Phi) is 9.99. The fourth-order valence-electron chi connectivity index (χ4n) is 5.36. The molecule has 4 amide bonds. The highest BCUT2D eigenvalue weighted by Gasteiger charge is 2.40. The van der Waals surface area contributed by atoms with Crippen LogP contribution in [0.4, 0.5) is 10.5 Å². The van der Waals surface area contributed by atoms with Crippen LogP contribution in [0, 0.1) is 5.92 Å². The normalized spacial score (nSPS) is 18.4. The molecule has 1 saturated heterocycles. The highest BCUT2D eigenvalue weighted by atomic mass is 16.5. The van der Waals surface area contributed by atoms with Crippen LogP contribution >= 0.6 is 0 Å². The number of methoxy groups -OCH3 is 2. The van der Waals surface area contributed by atoms with Gasteiger partial charge < -0.3 is 29.9 Å². The van der Waals surface area contributed by atoms with Crippen molar-refractivity contribution < 1.29 is 28.7 Å². The largest absolute Gasteiger partial charge is 0.497 e. The first-order chi connectivity index (χ1) is 19.4. The summed E-state index contributed by atoms with van der Waals surface area (Å²) in [5, 5.41) is 5.67. The average molecular weight is 551 g/mol. The molecule has 1 aliphatic heterocycles. The molecule has 214 valence electrons. The van der Waals surface area contributed by atoms with E-state index in [1.54, 1.807) is 41.2 Å². The molecule has 2 aromatic rings. The molecule has 0 bridgehead atoms. The van der Waals surface area contributed by atoms with Gasteiger partial charge in [0, 0.05) is 31.1 Å². The lowest BCUT2D eigenvalue weighted by molar-refractivity contribution is -0.149. The number of ether oxygens (including phenoxy) is 2. The van der Waals surface area contributed by atoms with E-state index in [0.717, 1.165) is 37.7 Å². The van der Waals surface area contributed by atoms with Crippen LogP contribution in [0.5, 0.6) is 5.75 Å². The molecular formula is C30H38N4O6. The third kappa shape index (κ3) is 7.31. The van der Waals surface area contributed by atoms with Crippen molar-refractivity contribution in [1.82, 2.24) is 15.1 Å². The van der Waals surface area contributed by atoms with Gasteiger partial charge in [0.2, 0.25) is 11.8 Å². The summed E-state index contributed by atoms with van der Waals surface area (Å²) in [7, 11) is 2.84. The van der Waals surface area contributed by atoms with E-state index in [1.807, 2.05) is 30.3 Å². The number of hydrogen-bond acceptors (Lipinski definition) is 6. The van der Waals surface area contributed by atoms with E-state index in [2.05, 4.69) is 10.6 Å². The van der Waals surface area contributed by atoms with E-state index >= 15 is 0 Å². The molecule has 2 aliphatic rings. The summed E-state index contributed by atoms with van der Waals surface area (Å²) in [6.45, 7) is 0.545. The number of rotatable bonds is 8. The number of carbonyl (C=O) groups excluding carboxylic acids is 4. The number of benzene rings is 2. The third-order valence-corrected chi connectivity index (χ3v) is 7.63. The lowest BCUT2D eigenvalue weighted by Gasteiger charge is -2.42. The minimum absolute atomic E-state index is 0.0133. The monoisotopic (exact) mass is 550 g/mol. The molecule has 2 aromatic carbocycles. The Hall–Kier alpha value is -4.08. The van der Waals surface area contributed by atoms with E-state index < -0.39 is 24.0 Å². The first-order valence-corrected chi connectivity index (χ1v) is 13.8. The number of anilines is 1. The second-order valence-electron chi connectivity index (χ2n) is 10.3.